The highest BCUT2D eigenvalue weighted by atomic mass is 35.5. The van der Waals surface area contributed by atoms with E-state index in [1.807, 2.05) is 0 Å². The predicted molar refractivity (Wildman–Crippen MR) is 61.1 cm³/mol. The molecule has 0 aliphatic carbocycles. The number of benzene rings is 1. The van der Waals surface area contributed by atoms with E-state index in [0.29, 0.717) is 12.1 Å². The third kappa shape index (κ3) is 3.54. The summed E-state index contributed by atoms with van der Waals surface area (Å²) in [5.41, 5.74) is -1.79. The first-order valence-electron chi connectivity index (χ1n) is 4.66. The number of anilines is 1. The average Bonchev–Trinajstić information content (AvgIpc) is 2.33. The topological polar surface area (TPSA) is 79.8 Å². The van der Waals surface area contributed by atoms with Gasteiger partial charge in [-0.1, -0.05) is 11.6 Å². The van der Waals surface area contributed by atoms with Crippen molar-refractivity contribution in [2.24, 2.45) is 0 Å². The number of phenolic OH excluding ortho intramolecular Hbond substituents is 1. The minimum absolute atomic E-state index is 0.358. The van der Waals surface area contributed by atoms with Crippen molar-refractivity contribution >= 4 is 17.3 Å². The van der Waals surface area contributed by atoms with Crippen LogP contribution in [0.4, 0.5) is 18.9 Å². The third-order valence-electron chi connectivity index (χ3n) is 2.00. The highest BCUT2D eigenvalue weighted by molar-refractivity contribution is 6.32. The van der Waals surface area contributed by atoms with Gasteiger partial charge in [0.2, 0.25) is 0 Å². The third-order valence-corrected chi connectivity index (χ3v) is 2.29. The van der Waals surface area contributed by atoms with Crippen LogP contribution in [-0.2, 0) is 6.18 Å². The molecule has 0 saturated heterocycles. The zero-order valence-electron chi connectivity index (χ0n) is 9.09. The van der Waals surface area contributed by atoms with Gasteiger partial charge in [-0.15, -0.1) is 0 Å². The fourth-order valence-corrected chi connectivity index (χ4v) is 1.33. The van der Waals surface area contributed by atoms with E-state index in [1.54, 1.807) is 0 Å². The normalized spacial score (nSPS) is 10.2. The van der Waals surface area contributed by atoms with Crippen molar-refractivity contribution in [1.29, 1.82) is 10.5 Å². The van der Waals surface area contributed by atoms with E-state index in [1.165, 1.54) is 12.1 Å². The molecule has 0 aromatic heterocycles. The number of allylic oxidation sites excluding steroid dienone is 1. The fourth-order valence-electron chi connectivity index (χ4n) is 1.11. The first-order valence-corrected chi connectivity index (χ1v) is 5.04. The Morgan fingerprint density at radius 1 is 1.32 bits per heavy atom. The van der Waals surface area contributed by atoms with Gasteiger partial charge in [-0.3, -0.25) is 0 Å². The summed E-state index contributed by atoms with van der Waals surface area (Å²) < 4.78 is 37.6. The van der Waals surface area contributed by atoms with Crippen LogP contribution in [0.1, 0.15) is 5.56 Å². The fraction of sp³-hybridized carbons (Fsp3) is 0.0909. The second-order valence-electron chi connectivity index (χ2n) is 3.28. The molecule has 0 saturated carbocycles. The molecular weight excluding hydrogens is 283 g/mol. The second-order valence-corrected chi connectivity index (χ2v) is 3.69. The van der Waals surface area contributed by atoms with Crippen LogP contribution >= 0.6 is 11.6 Å². The van der Waals surface area contributed by atoms with Gasteiger partial charge in [0, 0.05) is 6.20 Å². The Kier molecular flexibility index (Phi) is 4.26. The molecule has 0 fully saturated rings. The number of alkyl halides is 3. The molecule has 0 bridgehead atoms. The Labute approximate surface area is 110 Å². The summed E-state index contributed by atoms with van der Waals surface area (Å²) >= 11 is 5.47. The quantitative estimate of drug-likeness (QED) is 0.645. The standard InChI is InChI=1S/C11H5ClF3N3O/c12-8-1-7(11(13,14)15)2-9(10(8)19)18-5-6(3-16)4-17/h1-2,5,18-19H. The van der Waals surface area contributed by atoms with Crippen LogP contribution in [0.5, 0.6) is 5.75 Å². The molecule has 19 heavy (non-hydrogen) atoms. The van der Waals surface area contributed by atoms with Crippen molar-refractivity contribution in [2.45, 2.75) is 6.18 Å². The van der Waals surface area contributed by atoms with Crippen LogP contribution in [0.2, 0.25) is 5.02 Å². The van der Waals surface area contributed by atoms with Gasteiger partial charge in [0.15, 0.2) is 5.75 Å². The van der Waals surface area contributed by atoms with Gasteiger partial charge in [-0.2, -0.15) is 23.7 Å². The number of hydrogen-bond donors (Lipinski definition) is 2. The van der Waals surface area contributed by atoms with Gasteiger partial charge in [0.25, 0.3) is 0 Å². The molecule has 0 heterocycles. The molecule has 1 rings (SSSR count). The van der Waals surface area contributed by atoms with E-state index < -0.39 is 22.5 Å². The lowest BCUT2D eigenvalue weighted by Gasteiger charge is -2.11. The van der Waals surface area contributed by atoms with E-state index in [9.17, 15) is 18.3 Å². The Morgan fingerprint density at radius 2 is 1.89 bits per heavy atom. The Hall–Kier alpha value is -2.38. The van der Waals surface area contributed by atoms with Crippen LogP contribution in [-0.4, -0.2) is 5.11 Å². The number of aromatic hydroxyl groups is 1. The van der Waals surface area contributed by atoms with Crippen molar-refractivity contribution in [1.82, 2.24) is 0 Å². The summed E-state index contributed by atoms with van der Waals surface area (Å²) in [4.78, 5) is 0. The maximum Gasteiger partial charge on any atom is 0.416 e. The largest absolute Gasteiger partial charge is 0.504 e. The number of phenols is 1. The molecule has 0 aliphatic heterocycles. The summed E-state index contributed by atoms with van der Waals surface area (Å²) in [6.07, 6.45) is -3.77. The summed E-state index contributed by atoms with van der Waals surface area (Å²) in [7, 11) is 0. The Morgan fingerprint density at radius 3 is 2.37 bits per heavy atom. The number of nitriles is 2. The van der Waals surface area contributed by atoms with Crippen molar-refractivity contribution in [3.8, 4) is 17.9 Å². The smallest absolute Gasteiger partial charge is 0.416 e. The molecule has 0 radical (unpaired) electrons. The van der Waals surface area contributed by atoms with Crippen LogP contribution in [0, 0.1) is 22.7 Å². The van der Waals surface area contributed by atoms with Gasteiger partial charge in [0.1, 0.15) is 17.7 Å². The molecule has 1 aromatic carbocycles. The molecule has 8 heteroatoms. The molecule has 0 atom stereocenters. The molecule has 98 valence electrons. The molecule has 0 spiro atoms. The molecule has 0 amide bonds. The Balaban J connectivity index is 3.23. The van der Waals surface area contributed by atoms with Crippen LogP contribution in [0.25, 0.3) is 0 Å². The van der Waals surface area contributed by atoms with E-state index in [4.69, 9.17) is 22.1 Å². The SMILES string of the molecule is N#CC(C#N)=CNc1cc(C(F)(F)F)cc(Cl)c1O. The van der Waals surface area contributed by atoms with Gasteiger partial charge < -0.3 is 10.4 Å². The maximum absolute atomic E-state index is 12.5. The Bertz CT molecular complexity index is 595. The second kappa shape index (κ2) is 5.51. The van der Waals surface area contributed by atoms with Gasteiger partial charge in [-0.05, 0) is 12.1 Å². The number of nitrogens with one attached hydrogen (secondary N) is 1. The van der Waals surface area contributed by atoms with Crippen molar-refractivity contribution in [2.75, 3.05) is 5.32 Å². The number of hydrogen-bond acceptors (Lipinski definition) is 4. The first kappa shape index (κ1) is 14.7. The van der Waals surface area contributed by atoms with Crippen LogP contribution in [0.15, 0.2) is 23.9 Å². The zero-order chi connectivity index (χ0) is 14.6. The summed E-state index contributed by atoms with van der Waals surface area (Å²) in [5.74, 6) is -0.610. The number of halogens is 4. The van der Waals surface area contributed by atoms with E-state index >= 15 is 0 Å². The maximum atomic E-state index is 12.5. The lowest BCUT2D eigenvalue weighted by molar-refractivity contribution is -0.137. The van der Waals surface area contributed by atoms with Gasteiger partial charge in [-0.25, -0.2) is 0 Å². The molecule has 2 N–H and O–H groups in total. The highest BCUT2D eigenvalue weighted by Gasteiger charge is 2.32. The molecule has 0 unspecified atom stereocenters. The van der Waals surface area contributed by atoms with Gasteiger partial charge >= 0.3 is 6.18 Å². The lowest BCUT2D eigenvalue weighted by atomic mass is 10.1. The minimum atomic E-state index is -4.63. The highest BCUT2D eigenvalue weighted by Crippen LogP contribution is 2.39. The number of nitrogens with zero attached hydrogens (tertiary/aromatic N) is 2. The number of rotatable bonds is 2. The zero-order valence-corrected chi connectivity index (χ0v) is 9.84. The molecule has 1 aromatic rings. The van der Waals surface area contributed by atoms with E-state index in [0.717, 1.165) is 6.20 Å². The molecular formula is C11H5ClF3N3O. The summed E-state index contributed by atoms with van der Waals surface area (Å²) in [5, 5.41) is 28.1. The molecule has 0 aliphatic rings. The van der Waals surface area contributed by atoms with Crippen molar-refractivity contribution < 1.29 is 18.3 Å². The predicted octanol–water partition coefficient (Wildman–Crippen LogP) is 3.41. The van der Waals surface area contributed by atoms with Crippen LogP contribution < -0.4 is 5.32 Å². The average molecular weight is 288 g/mol. The monoisotopic (exact) mass is 287 g/mol. The van der Waals surface area contributed by atoms with Gasteiger partial charge in [0.05, 0.1) is 16.3 Å². The van der Waals surface area contributed by atoms with Crippen LogP contribution in [0.3, 0.4) is 0 Å². The first-order chi connectivity index (χ1) is 8.79. The minimum Gasteiger partial charge on any atom is -0.504 e. The lowest BCUT2D eigenvalue weighted by Crippen LogP contribution is -2.05. The van der Waals surface area contributed by atoms with E-state index in [2.05, 4.69) is 5.32 Å². The van der Waals surface area contributed by atoms with E-state index in [-0.39, 0.29) is 11.3 Å². The summed E-state index contributed by atoms with van der Waals surface area (Å²) in [6, 6.07) is 4.19. The van der Waals surface area contributed by atoms with Crippen molar-refractivity contribution in [3.63, 3.8) is 0 Å². The summed E-state index contributed by atoms with van der Waals surface area (Å²) in [6.45, 7) is 0. The molecule has 4 nitrogen and oxygen atoms in total. The van der Waals surface area contributed by atoms with Crippen molar-refractivity contribution in [3.05, 3.63) is 34.5 Å².